The highest BCUT2D eigenvalue weighted by atomic mass is 16.5. The van der Waals surface area contributed by atoms with Crippen molar-refractivity contribution in [2.75, 3.05) is 13.1 Å². The molecule has 2 atom stereocenters. The Hall–Kier alpha value is -2.34. The zero-order valence-corrected chi connectivity index (χ0v) is 15.8. The number of aromatic nitrogens is 2. The van der Waals surface area contributed by atoms with Gasteiger partial charge in [-0.15, -0.1) is 0 Å². The highest BCUT2D eigenvalue weighted by molar-refractivity contribution is 5.92. The zero-order valence-electron chi connectivity index (χ0n) is 15.8. The second-order valence-electron chi connectivity index (χ2n) is 8.21. The Morgan fingerprint density at radius 3 is 2.62 bits per heavy atom. The van der Waals surface area contributed by atoms with Gasteiger partial charge in [-0.05, 0) is 25.1 Å². The van der Waals surface area contributed by atoms with Crippen LogP contribution in [0.2, 0.25) is 0 Å². The van der Waals surface area contributed by atoms with Gasteiger partial charge in [-0.1, -0.05) is 39.0 Å². The molecule has 1 aliphatic rings. The minimum atomic E-state index is -1.13. The number of benzene rings is 1. The van der Waals surface area contributed by atoms with E-state index in [1.54, 1.807) is 17.9 Å². The normalized spacial score (nSPS) is 23.7. The lowest BCUT2D eigenvalue weighted by molar-refractivity contribution is -0.0900. The summed E-state index contributed by atoms with van der Waals surface area (Å²) >= 11 is 0. The fraction of sp³-hybridized carbons (Fsp3) is 0.500. The van der Waals surface area contributed by atoms with Crippen molar-refractivity contribution in [3.05, 3.63) is 47.8 Å². The molecule has 1 aliphatic heterocycles. The maximum Gasteiger partial charge on any atom is 0.274 e. The number of likely N-dealkylation sites (tertiary alicyclic amines) is 1. The number of aliphatic hydroxyl groups is 1. The summed E-state index contributed by atoms with van der Waals surface area (Å²) in [5.74, 6) is 0.551. The Labute approximate surface area is 154 Å². The van der Waals surface area contributed by atoms with E-state index in [0.29, 0.717) is 18.7 Å². The molecule has 1 amide bonds. The molecule has 2 N–H and O–H groups in total. The van der Waals surface area contributed by atoms with Gasteiger partial charge in [0, 0.05) is 24.1 Å². The summed E-state index contributed by atoms with van der Waals surface area (Å²) in [5, 5.41) is 18.0. The molecule has 0 bridgehead atoms. The third kappa shape index (κ3) is 3.90. The van der Waals surface area contributed by atoms with Crippen LogP contribution in [0.3, 0.4) is 0 Å². The number of ether oxygens (including phenoxy) is 1. The van der Waals surface area contributed by atoms with E-state index in [4.69, 9.17) is 4.74 Å². The van der Waals surface area contributed by atoms with Crippen LogP contribution in [-0.4, -0.2) is 50.9 Å². The number of β-amino-alcohol motifs (C(OH)–C–C–N with tert-alkyl or cyclic N) is 1. The second-order valence-corrected chi connectivity index (χ2v) is 8.21. The van der Waals surface area contributed by atoms with Crippen LogP contribution in [-0.2, 0) is 5.41 Å². The van der Waals surface area contributed by atoms with E-state index in [-0.39, 0.29) is 24.0 Å². The maximum atomic E-state index is 12.8. The highest BCUT2D eigenvalue weighted by Crippen LogP contribution is 2.27. The molecule has 0 spiro atoms. The van der Waals surface area contributed by atoms with Crippen molar-refractivity contribution in [3.8, 4) is 5.75 Å². The third-order valence-electron chi connectivity index (χ3n) is 4.78. The van der Waals surface area contributed by atoms with Gasteiger partial charge in [-0.3, -0.25) is 9.89 Å². The first-order chi connectivity index (χ1) is 12.2. The molecule has 0 unspecified atom stereocenters. The fourth-order valence-electron chi connectivity index (χ4n) is 3.15. The van der Waals surface area contributed by atoms with Gasteiger partial charge < -0.3 is 14.7 Å². The lowest BCUT2D eigenvalue weighted by Crippen LogP contribution is -2.58. The van der Waals surface area contributed by atoms with Crippen LogP contribution in [0.5, 0.6) is 5.75 Å². The molecule has 6 nitrogen and oxygen atoms in total. The van der Waals surface area contributed by atoms with E-state index >= 15 is 0 Å². The lowest BCUT2D eigenvalue weighted by atomic mass is 9.90. The molecule has 1 saturated heterocycles. The van der Waals surface area contributed by atoms with E-state index in [1.165, 1.54) is 0 Å². The number of para-hydroxylation sites is 1. The summed E-state index contributed by atoms with van der Waals surface area (Å²) < 4.78 is 5.94. The summed E-state index contributed by atoms with van der Waals surface area (Å²) in [6.45, 7) is 8.63. The fourth-order valence-corrected chi connectivity index (χ4v) is 3.15. The van der Waals surface area contributed by atoms with Gasteiger partial charge >= 0.3 is 0 Å². The van der Waals surface area contributed by atoms with Gasteiger partial charge in [0.2, 0.25) is 0 Å². The standard InChI is InChI=1S/C20H27N3O3/c1-19(2,3)16-12-15(21-22-16)18(24)23-11-10-17(20(4,25)13-23)26-14-8-6-5-7-9-14/h5-9,12,17,25H,10-11,13H2,1-4H3,(H,21,22)/t17-,20-/m0/s1. The molecule has 1 fully saturated rings. The average molecular weight is 357 g/mol. The smallest absolute Gasteiger partial charge is 0.274 e. The molecule has 140 valence electrons. The Bertz CT molecular complexity index is 762. The Kier molecular flexibility index (Phi) is 4.80. The summed E-state index contributed by atoms with van der Waals surface area (Å²) in [6.07, 6.45) is 0.197. The van der Waals surface area contributed by atoms with Gasteiger partial charge in [0.1, 0.15) is 23.1 Å². The third-order valence-corrected chi connectivity index (χ3v) is 4.78. The first-order valence-corrected chi connectivity index (χ1v) is 8.96. The first-order valence-electron chi connectivity index (χ1n) is 8.96. The minimum absolute atomic E-state index is 0.104. The Morgan fingerprint density at radius 1 is 1.35 bits per heavy atom. The SMILES string of the molecule is CC(C)(C)c1cc(C(=O)N2CC[C@H](Oc3ccccc3)[C@@](C)(O)C2)n[nH]1. The molecule has 0 saturated carbocycles. The number of H-pyrrole nitrogens is 1. The van der Waals surface area contributed by atoms with E-state index < -0.39 is 5.60 Å². The summed E-state index contributed by atoms with van der Waals surface area (Å²) in [5.41, 5.74) is 0.0588. The van der Waals surface area contributed by atoms with Crippen molar-refractivity contribution < 1.29 is 14.6 Å². The van der Waals surface area contributed by atoms with Gasteiger partial charge in [0.25, 0.3) is 5.91 Å². The molecule has 2 aromatic rings. The van der Waals surface area contributed by atoms with E-state index in [1.807, 2.05) is 30.3 Å². The molecular weight excluding hydrogens is 330 g/mol. The van der Waals surface area contributed by atoms with E-state index in [2.05, 4.69) is 31.0 Å². The lowest BCUT2D eigenvalue weighted by Gasteiger charge is -2.42. The number of rotatable bonds is 3. The summed E-state index contributed by atoms with van der Waals surface area (Å²) in [7, 11) is 0. The largest absolute Gasteiger partial charge is 0.487 e. The molecular formula is C20H27N3O3. The predicted octanol–water partition coefficient (Wildman–Crippen LogP) is 2.75. The van der Waals surface area contributed by atoms with Crippen molar-refractivity contribution in [3.63, 3.8) is 0 Å². The number of carbonyl (C=O) groups is 1. The van der Waals surface area contributed by atoms with Crippen LogP contribution in [0, 0.1) is 0 Å². The number of amides is 1. The van der Waals surface area contributed by atoms with E-state index in [9.17, 15) is 9.90 Å². The maximum absolute atomic E-state index is 12.8. The van der Waals surface area contributed by atoms with Crippen LogP contribution in [0.1, 0.15) is 50.3 Å². The summed E-state index contributed by atoms with van der Waals surface area (Å²) in [6, 6.07) is 11.2. The monoisotopic (exact) mass is 357 g/mol. The van der Waals surface area contributed by atoms with Gasteiger partial charge in [-0.25, -0.2) is 0 Å². The quantitative estimate of drug-likeness (QED) is 0.885. The highest BCUT2D eigenvalue weighted by Gasteiger charge is 2.41. The average Bonchev–Trinajstić information content (AvgIpc) is 3.07. The molecule has 2 heterocycles. The van der Waals surface area contributed by atoms with Crippen LogP contribution in [0.4, 0.5) is 0 Å². The van der Waals surface area contributed by atoms with Crippen LogP contribution < -0.4 is 4.74 Å². The van der Waals surface area contributed by atoms with Crippen molar-refractivity contribution in [1.29, 1.82) is 0 Å². The number of aromatic amines is 1. The zero-order chi connectivity index (χ0) is 18.9. The molecule has 3 rings (SSSR count). The number of carbonyl (C=O) groups excluding carboxylic acids is 1. The molecule has 0 radical (unpaired) electrons. The van der Waals surface area contributed by atoms with Gasteiger partial charge in [0.15, 0.2) is 0 Å². The van der Waals surface area contributed by atoms with Crippen LogP contribution in [0.25, 0.3) is 0 Å². The predicted molar refractivity (Wildman–Crippen MR) is 99.3 cm³/mol. The number of piperidine rings is 1. The van der Waals surface area contributed by atoms with Crippen molar-refractivity contribution >= 4 is 5.91 Å². The minimum Gasteiger partial charge on any atom is -0.487 e. The first kappa shape index (κ1) is 18.5. The Balaban J connectivity index is 1.69. The molecule has 1 aromatic carbocycles. The molecule has 6 heteroatoms. The van der Waals surface area contributed by atoms with Crippen molar-refractivity contribution in [1.82, 2.24) is 15.1 Å². The van der Waals surface area contributed by atoms with Crippen LogP contribution in [0.15, 0.2) is 36.4 Å². The van der Waals surface area contributed by atoms with Crippen LogP contribution >= 0.6 is 0 Å². The molecule has 26 heavy (non-hydrogen) atoms. The number of nitrogens with one attached hydrogen (secondary N) is 1. The summed E-state index contributed by atoms with van der Waals surface area (Å²) in [4.78, 5) is 14.4. The van der Waals surface area contributed by atoms with Gasteiger partial charge in [-0.2, -0.15) is 5.10 Å². The molecule has 0 aliphatic carbocycles. The Morgan fingerprint density at radius 2 is 2.04 bits per heavy atom. The second kappa shape index (κ2) is 6.76. The number of hydrogen-bond acceptors (Lipinski definition) is 4. The number of hydrogen-bond donors (Lipinski definition) is 2. The topological polar surface area (TPSA) is 78.5 Å². The van der Waals surface area contributed by atoms with Gasteiger partial charge in [0.05, 0.1) is 6.54 Å². The van der Waals surface area contributed by atoms with Crippen molar-refractivity contribution in [2.45, 2.75) is 51.2 Å². The van der Waals surface area contributed by atoms with E-state index in [0.717, 1.165) is 11.4 Å². The van der Waals surface area contributed by atoms with Crippen molar-refractivity contribution in [2.24, 2.45) is 0 Å². The molecule has 1 aromatic heterocycles. The number of nitrogens with zero attached hydrogens (tertiary/aromatic N) is 2.